The summed E-state index contributed by atoms with van der Waals surface area (Å²) < 4.78 is 5.78. The molecule has 0 aliphatic carbocycles. The maximum absolute atomic E-state index is 5.78. The summed E-state index contributed by atoms with van der Waals surface area (Å²) in [5.74, 6) is 6.16. The average molecular weight is 223 g/mol. The zero-order valence-corrected chi connectivity index (χ0v) is 10.7. The topological polar surface area (TPSA) is 21.3 Å². The fraction of sp³-hybridized carbons (Fsp3) is 0.857. The van der Waals surface area contributed by atoms with Crippen LogP contribution in [0.2, 0.25) is 0 Å². The van der Waals surface area contributed by atoms with E-state index >= 15 is 0 Å². The molecule has 1 heterocycles. The molecular formula is C14H25NO. The highest BCUT2D eigenvalue weighted by atomic mass is 16.5. The maximum Gasteiger partial charge on any atom is 0.0590 e. The molecule has 1 saturated heterocycles. The Hall–Kier alpha value is -0.520. The summed E-state index contributed by atoms with van der Waals surface area (Å²) in [7, 11) is 0. The van der Waals surface area contributed by atoms with Gasteiger partial charge in [0.15, 0.2) is 0 Å². The minimum atomic E-state index is 0.460. The van der Waals surface area contributed by atoms with E-state index in [4.69, 9.17) is 4.74 Å². The van der Waals surface area contributed by atoms with E-state index in [9.17, 15) is 0 Å². The third kappa shape index (κ3) is 5.53. The molecule has 0 saturated carbocycles. The van der Waals surface area contributed by atoms with Crippen LogP contribution < -0.4 is 5.32 Å². The van der Waals surface area contributed by atoms with Crippen LogP contribution in [0.3, 0.4) is 0 Å². The predicted molar refractivity (Wildman–Crippen MR) is 68.4 cm³/mol. The predicted octanol–water partition coefficient (Wildman–Crippen LogP) is 2.73. The first-order valence-corrected chi connectivity index (χ1v) is 6.61. The van der Waals surface area contributed by atoms with Crippen LogP contribution >= 0.6 is 0 Å². The molecule has 2 nitrogen and oxygen atoms in total. The van der Waals surface area contributed by atoms with Crippen LogP contribution in [0.25, 0.3) is 0 Å². The molecule has 0 aromatic heterocycles. The minimum absolute atomic E-state index is 0.460. The lowest BCUT2D eigenvalue weighted by atomic mass is 10.00. The third-order valence-electron chi connectivity index (χ3n) is 3.03. The Balaban J connectivity index is 2.30. The molecule has 0 bridgehead atoms. The van der Waals surface area contributed by atoms with Crippen molar-refractivity contribution in [2.24, 2.45) is 0 Å². The Morgan fingerprint density at radius 1 is 1.44 bits per heavy atom. The number of nitrogens with one attached hydrogen (secondary N) is 1. The largest absolute Gasteiger partial charge is 0.378 e. The molecule has 2 atom stereocenters. The summed E-state index contributed by atoms with van der Waals surface area (Å²) in [6.07, 6.45) is 7.50. The van der Waals surface area contributed by atoms with Gasteiger partial charge in [0.1, 0.15) is 0 Å². The Morgan fingerprint density at radius 2 is 2.31 bits per heavy atom. The third-order valence-corrected chi connectivity index (χ3v) is 3.03. The van der Waals surface area contributed by atoms with Crippen molar-refractivity contribution in [3.8, 4) is 11.8 Å². The highest BCUT2D eigenvalue weighted by Gasteiger charge is 2.18. The summed E-state index contributed by atoms with van der Waals surface area (Å²) in [5.41, 5.74) is 0. The monoisotopic (exact) mass is 223 g/mol. The summed E-state index contributed by atoms with van der Waals surface area (Å²) in [6, 6.07) is 0.510. The first-order valence-electron chi connectivity index (χ1n) is 6.61. The highest BCUT2D eigenvalue weighted by Crippen LogP contribution is 2.18. The molecule has 1 N–H and O–H groups in total. The SMILES string of the molecule is CC#CCC(CC1CCCCO1)NCCC. The zero-order valence-electron chi connectivity index (χ0n) is 10.7. The lowest BCUT2D eigenvalue weighted by Crippen LogP contribution is -2.35. The van der Waals surface area contributed by atoms with Crippen molar-refractivity contribution in [3.05, 3.63) is 0 Å². The van der Waals surface area contributed by atoms with Gasteiger partial charge in [-0.3, -0.25) is 0 Å². The van der Waals surface area contributed by atoms with Crippen molar-refractivity contribution in [1.82, 2.24) is 5.32 Å². The van der Waals surface area contributed by atoms with Gasteiger partial charge in [-0.05, 0) is 45.6 Å². The standard InChI is InChI=1S/C14H25NO/c1-3-5-8-13(15-10-4-2)12-14-9-6-7-11-16-14/h13-15H,4,6-12H2,1-2H3. The Bertz CT molecular complexity index is 223. The van der Waals surface area contributed by atoms with Gasteiger partial charge in [-0.15, -0.1) is 11.8 Å². The van der Waals surface area contributed by atoms with E-state index in [-0.39, 0.29) is 0 Å². The molecule has 0 spiro atoms. The Labute approximate surface area is 100 Å². The molecule has 1 fully saturated rings. The van der Waals surface area contributed by atoms with E-state index in [0.29, 0.717) is 12.1 Å². The van der Waals surface area contributed by atoms with Crippen molar-refractivity contribution in [2.45, 2.75) is 64.5 Å². The molecule has 1 rings (SSSR count). The fourth-order valence-corrected chi connectivity index (χ4v) is 2.12. The van der Waals surface area contributed by atoms with Gasteiger partial charge in [-0.2, -0.15) is 0 Å². The van der Waals surface area contributed by atoms with E-state index in [1.54, 1.807) is 0 Å². The molecule has 0 aromatic rings. The summed E-state index contributed by atoms with van der Waals surface area (Å²) in [6.45, 7) is 6.15. The molecule has 0 aromatic carbocycles. The normalized spacial score (nSPS) is 22.2. The van der Waals surface area contributed by atoms with Gasteiger partial charge in [0.25, 0.3) is 0 Å². The smallest absolute Gasteiger partial charge is 0.0590 e. The lowest BCUT2D eigenvalue weighted by Gasteiger charge is -2.26. The molecular weight excluding hydrogens is 198 g/mol. The first-order chi connectivity index (χ1) is 7.86. The van der Waals surface area contributed by atoms with E-state index in [1.165, 1.54) is 25.7 Å². The zero-order chi connectivity index (χ0) is 11.6. The van der Waals surface area contributed by atoms with Crippen LogP contribution in [-0.4, -0.2) is 25.3 Å². The van der Waals surface area contributed by atoms with Gasteiger partial charge < -0.3 is 10.1 Å². The second kappa shape index (κ2) is 8.61. The number of hydrogen-bond donors (Lipinski definition) is 1. The van der Waals surface area contributed by atoms with Crippen LogP contribution in [0.1, 0.15) is 52.4 Å². The quantitative estimate of drug-likeness (QED) is 0.699. The van der Waals surface area contributed by atoms with Crippen molar-refractivity contribution < 1.29 is 4.74 Å². The van der Waals surface area contributed by atoms with E-state index in [1.807, 2.05) is 6.92 Å². The highest BCUT2D eigenvalue weighted by molar-refractivity contribution is 4.98. The summed E-state index contributed by atoms with van der Waals surface area (Å²) in [5, 5.41) is 3.57. The van der Waals surface area contributed by atoms with Gasteiger partial charge in [0.2, 0.25) is 0 Å². The minimum Gasteiger partial charge on any atom is -0.378 e. The van der Waals surface area contributed by atoms with Gasteiger partial charge >= 0.3 is 0 Å². The lowest BCUT2D eigenvalue weighted by molar-refractivity contribution is 0.00554. The summed E-state index contributed by atoms with van der Waals surface area (Å²) in [4.78, 5) is 0. The second-order valence-electron chi connectivity index (χ2n) is 4.51. The van der Waals surface area contributed by atoms with Crippen LogP contribution in [-0.2, 0) is 4.74 Å². The van der Waals surface area contributed by atoms with E-state index in [0.717, 1.165) is 26.0 Å². The molecule has 2 heteroatoms. The maximum atomic E-state index is 5.78. The molecule has 0 radical (unpaired) electrons. The first kappa shape index (κ1) is 13.5. The number of hydrogen-bond acceptors (Lipinski definition) is 2. The Kier molecular flexibility index (Phi) is 7.29. The van der Waals surface area contributed by atoms with E-state index in [2.05, 4.69) is 24.1 Å². The molecule has 16 heavy (non-hydrogen) atoms. The number of ether oxygens (including phenoxy) is 1. The summed E-state index contributed by atoms with van der Waals surface area (Å²) >= 11 is 0. The molecule has 2 unspecified atom stereocenters. The van der Waals surface area contributed by atoms with Crippen LogP contribution in [0, 0.1) is 11.8 Å². The van der Waals surface area contributed by atoms with Crippen molar-refractivity contribution in [3.63, 3.8) is 0 Å². The van der Waals surface area contributed by atoms with Gasteiger partial charge in [0, 0.05) is 19.1 Å². The van der Waals surface area contributed by atoms with Crippen molar-refractivity contribution >= 4 is 0 Å². The van der Waals surface area contributed by atoms with Gasteiger partial charge in [-0.1, -0.05) is 6.92 Å². The average Bonchev–Trinajstić information content (AvgIpc) is 2.34. The molecule has 0 amide bonds. The van der Waals surface area contributed by atoms with Crippen LogP contribution in [0.15, 0.2) is 0 Å². The fourth-order valence-electron chi connectivity index (χ4n) is 2.12. The number of rotatable bonds is 6. The Morgan fingerprint density at radius 3 is 2.94 bits per heavy atom. The van der Waals surface area contributed by atoms with Gasteiger partial charge in [0.05, 0.1) is 6.10 Å². The molecule has 1 aliphatic heterocycles. The van der Waals surface area contributed by atoms with E-state index < -0.39 is 0 Å². The molecule has 92 valence electrons. The van der Waals surface area contributed by atoms with Crippen molar-refractivity contribution in [2.75, 3.05) is 13.2 Å². The van der Waals surface area contributed by atoms with Crippen LogP contribution in [0.5, 0.6) is 0 Å². The molecule has 1 aliphatic rings. The van der Waals surface area contributed by atoms with Gasteiger partial charge in [-0.25, -0.2) is 0 Å². The second-order valence-corrected chi connectivity index (χ2v) is 4.51. The van der Waals surface area contributed by atoms with Crippen LogP contribution in [0.4, 0.5) is 0 Å². The van der Waals surface area contributed by atoms with Crippen molar-refractivity contribution in [1.29, 1.82) is 0 Å².